The maximum absolute atomic E-state index is 12.4. The third-order valence-electron chi connectivity index (χ3n) is 3.60. The van der Waals surface area contributed by atoms with Crippen molar-refractivity contribution in [2.45, 2.75) is 45.1 Å². The molecule has 1 aromatic heterocycles. The summed E-state index contributed by atoms with van der Waals surface area (Å²) in [6.07, 6.45) is 4.97. The van der Waals surface area contributed by atoms with Gasteiger partial charge in [-0.2, -0.15) is 0 Å². The summed E-state index contributed by atoms with van der Waals surface area (Å²) in [4.78, 5) is 26.7. The van der Waals surface area contributed by atoms with Crippen LogP contribution in [0.1, 0.15) is 49.9 Å². The Hall–Kier alpha value is -1.36. The third-order valence-corrected chi connectivity index (χ3v) is 4.59. The Morgan fingerprint density at radius 2 is 2.00 bits per heavy atom. The average Bonchev–Trinajstić information content (AvgIpc) is 2.79. The average molecular weight is 294 g/mol. The molecular formula is C15H22N2O2S. The molecule has 0 unspecified atom stereocenters. The summed E-state index contributed by atoms with van der Waals surface area (Å²) in [6, 6.07) is 3.73. The number of hydrogen-bond acceptors (Lipinski definition) is 3. The molecule has 2 amide bonds. The van der Waals surface area contributed by atoms with Crippen LogP contribution in [-0.2, 0) is 9.59 Å². The van der Waals surface area contributed by atoms with Crippen molar-refractivity contribution >= 4 is 23.2 Å². The Morgan fingerprint density at radius 3 is 2.55 bits per heavy atom. The number of carbonyl (C=O) groups is 2. The van der Waals surface area contributed by atoms with Crippen LogP contribution in [0.4, 0.5) is 0 Å². The second kappa shape index (κ2) is 7.43. The highest BCUT2D eigenvalue weighted by molar-refractivity contribution is 7.10. The molecule has 1 aliphatic rings. The summed E-state index contributed by atoms with van der Waals surface area (Å²) >= 11 is 1.58. The van der Waals surface area contributed by atoms with Gasteiger partial charge in [0.05, 0.1) is 12.5 Å². The first-order valence-electron chi connectivity index (χ1n) is 7.25. The van der Waals surface area contributed by atoms with Crippen LogP contribution in [0.25, 0.3) is 0 Å². The molecule has 20 heavy (non-hydrogen) atoms. The van der Waals surface area contributed by atoms with Gasteiger partial charge in [-0.3, -0.25) is 9.59 Å². The van der Waals surface area contributed by atoms with E-state index in [2.05, 4.69) is 5.32 Å². The minimum absolute atomic E-state index is 0.0907. The van der Waals surface area contributed by atoms with Gasteiger partial charge in [0, 0.05) is 24.9 Å². The summed E-state index contributed by atoms with van der Waals surface area (Å²) in [7, 11) is 0. The van der Waals surface area contributed by atoms with E-state index in [1.54, 1.807) is 11.3 Å². The lowest BCUT2D eigenvalue weighted by molar-refractivity contribution is -0.132. The highest BCUT2D eigenvalue weighted by atomic mass is 32.1. The number of rotatable bonds is 4. The molecule has 0 spiro atoms. The Morgan fingerprint density at radius 1 is 1.30 bits per heavy atom. The molecule has 110 valence electrons. The van der Waals surface area contributed by atoms with Crippen LogP contribution >= 0.6 is 11.3 Å². The maximum Gasteiger partial charge on any atom is 0.225 e. The number of amides is 2. The van der Waals surface area contributed by atoms with Crippen molar-refractivity contribution in [1.29, 1.82) is 0 Å². The van der Waals surface area contributed by atoms with Crippen molar-refractivity contribution in [3.8, 4) is 0 Å². The summed E-state index contributed by atoms with van der Waals surface area (Å²) in [5, 5.41) is 4.86. The first kappa shape index (κ1) is 15.0. The Labute approximate surface area is 124 Å². The Kier molecular flexibility index (Phi) is 5.59. The first-order valence-corrected chi connectivity index (χ1v) is 8.13. The molecule has 0 saturated carbocycles. The second-order valence-electron chi connectivity index (χ2n) is 5.27. The van der Waals surface area contributed by atoms with Crippen LogP contribution < -0.4 is 5.32 Å². The fraction of sp³-hybridized carbons (Fsp3) is 0.600. The fourth-order valence-electron chi connectivity index (χ4n) is 2.58. The van der Waals surface area contributed by atoms with E-state index in [9.17, 15) is 9.59 Å². The zero-order valence-electron chi connectivity index (χ0n) is 11.9. The molecule has 0 bridgehead atoms. The standard InChI is InChI=1S/C15H22N2O2S/c1-12(18)16-13(14-7-6-10-20-14)11-15(19)17-8-4-2-3-5-9-17/h6-7,10,13H,2-5,8-9,11H2,1H3,(H,16,18)/t13-/m1/s1. The van der Waals surface area contributed by atoms with Gasteiger partial charge in [-0.05, 0) is 24.3 Å². The lowest BCUT2D eigenvalue weighted by atomic mass is 10.1. The fourth-order valence-corrected chi connectivity index (χ4v) is 3.36. The number of thiophene rings is 1. The molecule has 2 rings (SSSR count). The summed E-state index contributed by atoms with van der Waals surface area (Å²) < 4.78 is 0. The number of nitrogens with zero attached hydrogens (tertiary/aromatic N) is 1. The van der Waals surface area contributed by atoms with Crippen LogP contribution in [0.3, 0.4) is 0 Å². The third kappa shape index (κ3) is 4.34. The second-order valence-corrected chi connectivity index (χ2v) is 6.25. The van der Waals surface area contributed by atoms with Gasteiger partial charge < -0.3 is 10.2 Å². The molecule has 1 aliphatic heterocycles. The molecule has 4 nitrogen and oxygen atoms in total. The maximum atomic E-state index is 12.4. The van der Waals surface area contributed by atoms with Crippen molar-refractivity contribution in [3.05, 3.63) is 22.4 Å². The highest BCUT2D eigenvalue weighted by Gasteiger charge is 2.22. The van der Waals surface area contributed by atoms with E-state index in [1.165, 1.54) is 19.8 Å². The predicted octanol–water partition coefficient (Wildman–Crippen LogP) is 2.72. The Balaban J connectivity index is 1.99. The topological polar surface area (TPSA) is 49.4 Å². The van der Waals surface area contributed by atoms with E-state index in [1.807, 2.05) is 22.4 Å². The molecule has 1 N–H and O–H groups in total. The molecule has 0 aliphatic carbocycles. The minimum atomic E-state index is -0.191. The Bertz CT molecular complexity index is 437. The zero-order valence-corrected chi connectivity index (χ0v) is 12.7. The van der Waals surface area contributed by atoms with Gasteiger partial charge in [-0.15, -0.1) is 11.3 Å². The smallest absolute Gasteiger partial charge is 0.225 e. The van der Waals surface area contributed by atoms with Gasteiger partial charge in [-0.1, -0.05) is 18.9 Å². The van der Waals surface area contributed by atoms with Crippen LogP contribution in [0.2, 0.25) is 0 Å². The first-order chi connectivity index (χ1) is 9.66. The van der Waals surface area contributed by atoms with Crippen LogP contribution in [0, 0.1) is 0 Å². The van der Waals surface area contributed by atoms with E-state index >= 15 is 0 Å². The van der Waals surface area contributed by atoms with Crippen molar-refractivity contribution in [1.82, 2.24) is 10.2 Å². The van der Waals surface area contributed by atoms with Crippen molar-refractivity contribution < 1.29 is 9.59 Å². The lowest BCUT2D eigenvalue weighted by Gasteiger charge is -2.23. The van der Waals surface area contributed by atoms with Crippen LogP contribution in [0.5, 0.6) is 0 Å². The molecule has 1 fully saturated rings. The van der Waals surface area contributed by atoms with Gasteiger partial charge >= 0.3 is 0 Å². The van der Waals surface area contributed by atoms with E-state index in [4.69, 9.17) is 0 Å². The van der Waals surface area contributed by atoms with Gasteiger partial charge in [0.1, 0.15) is 0 Å². The van der Waals surface area contributed by atoms with Crippen molar-refractivity contribution in [3.63, 3.8) is 0 Å². The molecule has 5 heteroatoms. The normalized spacial score (nSPS) is 17.4. The van der Waals surface area contributed by atoms with Gasteiger partial charge in [0.25, 0.3) is 0 Å². The molecule has 1 atom stereocenters. The van der Waals surface area contributed by atoms with Gasteiger partial charge in [0.2, 0.25) is 11.8 Å². The van der Waals surface area contributed by atoms with Crippen LogP contribution in [-0.4, -0.2) is 29.8 Å². The number of hydrogen-bond donors (Lipinski definition) is 1. The van der Waals surface area contributed by atoms with E-state index in [0.29, 0.717) is 6.42 Å². The van der Waals surface area contributed by atoms with Crippen LogP contribution in [0.15, 0.2) is 17.5 Å². The van der Waals surface area contributed by atoms with Gasteiger partial charge in [0.15, 0.2) is 0 Å². The molecule has 2 heterocycles. The SMILES string of the molecule is CC(=O)N[C@H](CC(=O)N1CCCCCC1)c1cccs1. The summed E-state index contributed by atoms with van der Waals surface area (Å²) in [5.74, 6) is 0.0612. The number of likely N-dealkylation sites (tertiary alicyclic amines) is 1. The zero-order chi connectivity index (χ0) is 14.4. The largest absolute Gasteiger partial charge is 0.348 e. The minimum Gasteiger partial charge on any atom is -0.348 e. The van der Waals surface area contributed by atoms with E-state index < -0.39 is 0 Å². The van der Waals surface area contributed by atoms with Gasteiger partial charge in [-0.25, -0.2) is 0 Å². The van der Waals surface area contributed by atoms with Crippen molar-refractivity contribution in [2.75, 3.05) is 13.1 Å². The molecule has 0 radical (unpaired) electrons. The number of carbonyl (C=O) groups excluding carboxylic acids is 2. The van der Waals surface area contributed by atoms with E-state index in [-0.39, 0.29) is 17.9 Å². The van der Waals surface area contributed by atoms with Crippen molar-refractivity contribution in [2.24, 2.45) is 0 Å². The summed E-state index contributed by atoms with van der Waals surface area (Å²) in [6.45, 7) is 3.21. The molecule has 0 aromatic carbocycles. The monoisotopic (exact) mass is 294 g/mol. The number of nitrogens with one attached hydrogen (secondary N) is 1. The van der Waals surface area contributed by atoms with E-state index in [0.717, 1.165) is 30.8 Å². The lowest BCUT2D eigenvalue weighted by Crippen LogP contribution is -2.36. The molecule has 1 aromatic rings. The quantitative estimate of drug-likeness (QED) is 0.928. The highest BCUT2D eigenvalue weighted by Crippen LogP contribution is 2.23. The molecular weight excluding hydrogens is 272 g/mol. The molecule has 1 saturated heterocycles. The predicted molar refractivity (Wildman–Crippen MR) is 80.5 cm³/mol. The summed E-state index contributed by atoms with van der Waals surface area (Å²) in [5.41, 5.74) is 0.